The maximum atomic E-state index is 12.8. The van der Waals surface area contributed by atoms with E-state index in [2.05, 4.69) is 37.5 Å². The fourth-order valence-electron chi connectivity index (χ4n) is 5.88. The lowest BCUT2D eigenvalue weighted by molar-refractivity contribution is -0.0174. The minimum absolute atomic E-state index is 0.0186. The van der Waals surface area contributed by atoms with E-state index in [0.717, 1.165) is 59.9 Å². The van der Waals surface area contributed by atoms with Crippen LogP contribution >= 0.6 is 15.9 Å². The van der Waals surface area contributed by atoms with Gasteiger partial charge >= 0.3 is 6.03 Å². The second kappa shape index (κ2) is 6.92. The first-order valence-corrected chi connectivity index (χ1v) is 11.6. The predicted molar refractivity (Wildman–Crippen MR) is 124 cm³/mol. The number of benzene rings is 2. The van der Waals surface area contributed by atoms with Gasteiger partial charge in [-0.15, -0.1) is 0 Å². The molecule has 2 heterocycles. The van der Waals surface area contributed by atoms with Crippen molar-refractivity contribution in [3.63, 3.8) is 0 Å². The summed E-state index contributed by atoms with van der Waals surface area (Å²) in [4.78, 5) is 26.7. The third-order valence-electron chi connectivity index (χ3n) is 7.34. The number of aromatic amines is 1. The van der Waals surface area contributed by atoms with Gasteiger partial charge in [-0.1, -0.05) is 34.1 Å². The number of halogens is 1. The van der Waals surface area contributed by atoms with E-state index in [0.29, 0.717) is 16.7 Å². The molecule has 2 aliphatic carbocycles. The van der Waals surface area contributed by atoms with Gasteiger partial charge < -0.3 is 5.32 Å². The number of fused-ring (bicyclic) bond motifs is 2. The normalized spacial score (nSPS) is 26.4. The molecule has 6 nitrogen and oxygen atoms in total. The van der Waals surface area contributed by atoms with Gasteiger partial charge in [0.25, 0.3) is 5.56 Å². The average molecular weight is 479 g/mol. The molecule has 6 rings (SSSR count). The number of rotatable bonds is 2. The van der Waals surface area contributed by atoms with Crippen LogP contribution in [0.5, 0.6) is 0 Å². The Bertz CT molecular complexity index is 1260. The van der Waals surface area contributed by atoms with E-state index in [4.69, 9.17) is 0 Å². The van der Waals surface area contributed by atoms with Crippen LogP contribution in [0.3, 0.4) is 0 Å². The van der Waals surface area contributed by atoms with Crippen LogP contribution in [0.25, 0.3) is 10.8 Å². The van der Waals surface area contributed by atoms with Crippen LogP contribution in [0.2, 0.25) is 0 Å². The molecule has 0 unspecified atom stereocenters. The zero-order chi connectivity index (χ0) is 21.2. The summed E-state index contributed by atoms with van der Waals surface area (Å²) in [5.41, 5.74) is 3.44. The van der Waals surface area contributed by atoms with Crippen LogP contribution in [0, 0.1) is 5.41 Å². The van der Waals surface area contributed by atoms with E-state index >= 15 is 0 Å². The van der Waals surface area contributed by atoms with Gasteiger partial charge in [-0.2, -0.15) is 5.10 Å². The number of anilines is 1. The molecule has 0 bridgehead atoms. The summed E-state index contributed by atoms with van der Waals surface area (Å²) < 4.78 is 1.05. The molecular weight excluding hydrogens is 456 g/mol. The van der Waals surface area contributed by atoms with Crippen molar-refractivity contribution in [2.24, 2.45) is 5.41 Å². The second-order valence-corrected chi connectivity index (χ2v) is 10.2. The van der Waals surface area contributed by atoms with E-state index in [1.54, 1.807) is 0 Å². The van der Waals surface area contributed by atoms with E-state index in [9.17, 15) is 9.59 Å². The number of urea groups is 1. The van der Waals surface area contributed by atoms with Crippen LogP contribution < -0.4 is 15.8 Å². The van der Waals surface area contributed by atoms with E-state index in [-0.39, 0.29) is 17.6 Å². The highest BCUT2D eigenvalue weighted by atomic mass is 79.9. The Kier molecular flexibility index (Phi) is 4.25. The standard InChI is InChI=1S/C24H23BrN4O2/c25-16-5-6-20-14(9-16)7-8-29(20)23(31)26-17-12-24(13-17)10-15(11-24)21-18-3-1-2-4-19(18)22(30)28-27-21/h1-6,9,15,17H,7-8,10-13H2,(H,26,31)(H,28,30)/t15-,17-,24?. The minimum Gasteiger partial charge on any atom is -0.335 e. The molecule has 31 heavy (non-hydrogen) atoms. The van der Waals surface area contributed by atoms with Crippen LogP contribution in [-0.4, -0.2) is 28.8 Å². The van der Waals surface area contributed by atoms with Gasteiger partial charge in [-0.3, -0.25) is 9.69 Å². The Morgan fingerprint density at radius 1 is 1.13 bits per heavy atom. The molecular formula is C24H23BrN4O2. The van der Waals surface area contributed by atoms with Gasteiger partial charge in [0.05, 0.1) is 11.1 Å². The molecule has 2 saturated carbocycles. The lowest BCUT2D eigenvalue weighted by Crippen LogP contribution is -2.57. The highest BCUT2D eigenvalue weighted by molar-refractivity contribution is 9.10. The average Bonchev–Trinajstić information content (AvgIpc) is 3.13. The number of hydrogen-bond donors (Lipinski definition) is 2. The molecule has 2 amide bonds. The Morgan fingerprint density at radius 3 is 2.71 bits per heavy atom. The van der Waals surface area contributed by atoms with E-state index in [1.165, 1.54) is 5.56 Å². The summed E-state index contributed by atoms with van der Waals surface area (Å²) in [6.45, 7) is 0.739. The number of aromatic nitrogens is 2. The van der Waals surface area contributed by atoms with Gasteiger partial charge in [-0.05, 0) is 67.3 Å². The summed E-state index contributed by atoms with van der Waals surface area (Å²) in [6.07, 6.45) is 5.10. The molecule has 2 aromatic carbocycles. The maximum Gasteiger partial charge on any atom is 0.322 e. The quantitative estimate of drug-likeness (QED) is 0.569. The second-order valence-electron chi connectivity index (χ2n) is 9.32. The summed E-state index contributed by atoms with van der Waals surface area (Å²) >= 11 is 3.51. The highest BCUT2D eigenvalue weighted by Gasteiger charge is 2.54. The molecule has 7 heteroatoms. The van der Waals surface area contributed by atoms with E-state index in [1.807, 2.05) is 41.3 Å². The largest absolute Gasteiger partial charge is 0.335 e. The fourth-order valence-corrected chi connectivity index (χ4v) is 6.29. The molecule has 1 aliphatic heterocycles. The number of hydrogen-bond acceptors (Lipinski definition) is 3. The van der Waals surface area contributed by atoms with E-state index < -0.39 is 0 Å². The van der Waals surface area contributed by atoms with Crippen molar-refractivity contribution in [3.05, 3.63) is 68.5 Å². The van der Waals surface area contributed by atoms with Gasteiger partial charge in [-0.25, -0.2) is 9.89 Å². The third kappa shape index (κ3) is 3.09. The Morgan fingerprint density at radius 2 is 1.90 bits per heavy atom. The van der Waals surface area contributed by atoms with Crippen molar-refractivity contribution in [1.82, 2.24) is 15.5 Å². The molecule has 0 atom stereocenters. The highest BCUT2D eigenvalue weighted by Crippen LogP contribution is 2.62. The Balaban J connectivity index is 1.08. The van der Waals surface area contributed by atoms with Gasteiger partial charge in [0.2, 0.25) is 0 Å². The van der Waals surface area contributed by atoms with Gasteiger partial charge in [0.1, 0.15) is 0 Å². The lowest BCUT2D eigenvalue weighted by atomic mass is 9.49. The summed E-state index contributed by atoms with van der Waals surface area (Å²) in [5, 5.41) is 12.0. The first-order valence-electron chi connectivity index (χ1n) is 10.9. The Labute approximate surface area is 188 Å². The van der Waals surface area contributed by atoms with Crippen LogP contribution in [0.15, 0.2) is 51.7 Å². The number of carbonyl (C=O) groups excluding carboxylic acids is 1. The molecule has 1 aromatic heterocycles. The SMILES string of the molecule is O=C(N[C@H]1CC2(C1)C[C@H](c1n[nH]c(=O)c3ccccc31)C2)N1CCc2cc(Br)ccc21. The number of nitrogens with one attached hydrogen (secondary N) is 2. The van der Waals surface area contributed by atoms with Crippen molar-refractivity contribution >= 4 is 38.4 Å². The molecule has 1 spiro atoms. The molecule has 158 valence electrons. The molecule has 2 N–H and O–H groups in total. The van der Waals surface area contributed by atoms with Crippen LogP contribution in [0.4, 0.5) is 10.5 Å². The van der Waals surface area contributed by atoms with Crippen molar-refractivity contribution in [3.8, 4) is 0 Å². The number of amides is 2. The van der Waals surface area contributed by atoms with Gasteiger partial charge in [0, 0.05) is 34.1 Å². The number of carbonyl (C=O) groups is 1. The number of H-pyrrole nitrogens is 1. The third-order valence-corrected chi connectivity index (χ3v) is 7.83. The molecule has 0 saturated heterocycles. The van der Waals surface area contributed by atoms with Crippen LogP contribution in [-0.2, 0) is 6.42 Å². The van der Waals surface area contributed by atoms with Crippen molar-refractivity contribution < 1.29 is 4.79 Å². The lowest BCUT2D eigenvalue weighted by Gasteiger charge is -2.57. The summed E-state index contributed by atoms with van der Waals surface area (Å²) in [6, 6.07) is 14.1. The van der Waals surface area contributed by atoms with Crippen LogP contribution in [0.1, 0.15) is 42.9 Å². The summed E-state index contributed by atoms with van der Waals surface area (Å²) in [7, 11) is 0. The number of nitrogens with zero attached hydrogens (tertiary/aromatic N) is 2. The molecule has 3 aliphatic rings. The monoisotopic (exact) mass is 478 g/mol. The van der Waals surface area contributed by atoms with Crippen molar-refractivity contribution in [2.45, 2.75) is 44.1 Å². The predicted octanol–water partition coefficient (Wildman–Crippen LogP) is 4.48. The molecule has 0 radical (unpaired) electrons. The molecule has 2 fully saturated rings. The fraction of sp³-hybridized carbons (Fsp3) is 0.375. The van der Waals surface area contributed by atoms with Crippen molar-refractivity contribution in [2.75, 3.05) is 11.4 Å². The first kappa shape index (κ1) is 19.0. The zero-order valence-electron chi connectivity index (χ0n) is 17.0. The Hall–Kier alpha value is -2.67. The molecule has 3 aromatic rings. The van der Waals surface area contributed by atoms with Gasteiger partial charge in [0.15, 0.2) is 0 Å². The van der Waals surface area contributed by atoms with Crippen molar-refractivity contribution in [1.29, 1.82) is 0 Å². The minimum atomic E-state index is -0.129. The smallest absolute Gasteiger partial charge is 0.322 e. The first-order chi connectivity index (χ1) is 15.0. The topological polar surface area (TPSA) is 78.1 Å². The maximum absolute atomic E-state index is 12.8. The zero-order valence-corrected chi connectivity index (χ0v) is 18.6. The summed E-state index contributed by atoms with van der Waals surface area (Å²) in [5.74, 6) is 0.377.